The zero-order valence-corrected chi connectivity index (χ0v) is 15.7. The third kappa shape index (κ3) is 3.79. The second-order valence-corrected chi connectivity index (χ2v) is 7.92. The van der Waals surface area contributed by atoms with E-state index in [0.717, 1.165) is 30.0 Å². The number of nitrogens with one attached hydrogen (secondary N) is 1. The highest BCUT2D eigenvalue weighted by atomic mass is 35.5. The fraction of sp³-hybridized carbons (Fsp3) is 0.500. The van der Waals surface area contributed by atoms with Crippen molar-refractivity contribution in [1.29, 1.82) is 0 Å². The van der Waals surface area contributed by atoms with Crippen molar-refractivity contribution < 1.29 is 9.53 Å². The van der Waals surface area contributed by atoms with E-state index >= 15 is 0 Å². The van der Waals surface area contributed by atoms with Gasteiger partial charge in [0.05, 0.1) is 18.8 Å². The Bertz CT molecular complexity index is 779. The molecule has 1 N–H and O–H groups in total. The van der Waals surface area contributed by atoms with Crippen LogP contribution in [0.3, 0.4) is 0 Å². The van der Waals surface area contributed by atoms with Gasteiger partial charge in [0.15, 0.2) is 5.69 Å². The fourth-order valence-electron chi connectivity index (χ4n) is 3.78. The summed E-state index contributed by atoms with van der Waals surface area (Å²) in [5.74, 6) is 0.694. The van der Waals surface area contributed by atoms with Crippen molar-refractivity contribution in [2.75, 3.05) is 0 Å². The van der Waals surface area contributed by atoms with E-state index in [1.54, 1.807) is 0 Å². The van der Waals surface area contributed by atoms with Crippen molar-refractivity contribution in [3.63, 3.8) is 0 Å². The molecule has 1 aromatic heterocycles. The zero-order chi connectivity index (χ0) is 18.1. The van der Waals surface area contributed by atoms with Crippen LogP contribution in [0, 0.1) is 5.92 Å². The van der Waals surface area contributed by atoms with Gasteiger partial charge in [0, 0.05) is 11.1 Å². The molecular formula is C20H24ClN3O2. The van der Waals surface area contributed by atoms with Crippen molar-refractivity contribution in [3.8, 4) is 0 Å². The lowest BCUT2D eigenvalue weighted by atomic mass is 9.87. The van der Waals surface area contributed by atoms with E-state index in [1.165, 1.54) is 12.8 Å². The summed E-state index contributed by atoms with van der Waals surface area (Å²) in [5.41, 5.74) is 2.49. The van der Waals surface area contributed by atoms with Gasteiger partial charge in [-0.05, 0) is 55.4 Å². The molecule has 1 atom stereocenters. The molecule has 6 heteroatoms. The van der Waals surface area contributed by atoms with Gasteiger partial charge < -0.3 is 10.1 Å². The Morgan fingerprint density at radius 2 is 1.96 bits per heavy atom. The number of hydrogen-bond acceptors (Lipinski definition) is 3. The highest BCUT2D eigenvalue weighted by Crippen LogP contribution is 2.28. The van der Waals surface area contributed by atoms with Crippen molar-refractivity contribution in [2.45, 2.75) is 57.9 Å². The number of nitrogens with zero attached hydrogens (tertiary/aromatic N) is 2. The number of carbonyl (C=O) groups excluding carboxylic acids is 1. The molecule has 26 heavy (non-hydrogen) atoms. The Kier molecular flexibility index (Phi) is 5.00. The van der Waals surface area contributed by atoms with E-state index in [4.69, 9.17) is 16.3 Å². The van der Waals surface area contributed by atoms with Gasteiger partial charge in [0.25, 0.3) is 5.91 Å². The maximum absolute atomic E-state index is 12.6. The Hall–Kier alpha value is -1.85. The minimum absolute atomic E-state index is 0.0737. The summed E-state index contributed by atoms with van der Waals surface area (Å²) in [6, 6.07) is 9.79. The van der Waals surface area contributed by atoms with E-state index in [-0.39, 0.29) is 18.1 Å². The normalized spacial score (nSPS) is 25.5. The second kappa shape index (κ2) is 7.41. The first-order chi connectivity index (χ1) is 12.6. The summed E-state index contributed by atoms with van der Waals surface area (Å²) in [4.78, 5) is 12.6. The van der Waals surface area contributed by atoms with Gasteiger partial charge in [-0.15, -0.1) is 0 Å². The van der Waals surface area contributed by atoms with Crippen LogP contribution in [-0.4, -0.2) is 21.7 Å². The first-order valence-electron chi connectivity index (χ1n) is 9.33. The fourth-order valence-corrected chi connectivity index (χ4v) is 3.91. The molecule has 1 aromatic carbocycles. The third-order valence-corrected chi connectivity index (χ3v) is 5.71. The summed E-state index contributed by atoms with van der Waals surface area (Å²) in [7, 11) is 0. The predicted molar refractivity (Wildman–Crippen MR) is 100 cm³/mol. The van der Waals surface area contributed by atoms with Crippen LogP contribution in [0.2, 0.25) is 5.02 Å². The Labute approximate surface area is 158 Å². The van der Waals surface area contributed by atoms with Gasteiger partial charge in [-0.25, -0.2) is 0 Å². The molecule has 1 aliphatic heterocycles. The lowest BCUT2D eigenvalue weighted by Crippen LogP contribution is -2.37. The lowest BCUT2D eigenvalue weighted by Gasteiger charge is -2.26. The van der Waals surface area contributed by atoms with Crippen LogP contribution in [0.1, 0.15) is 60.5 Å². The standard InChI is InChI=1S/C20H24ClN3O2/c1-13-2-8-16(9-3-13)22-20(25)18-10-17-12-26-19(11-24(17)23-18)14-4-6-15(21)7-5-14/h4-7,10,13,16,19H,2-3,8-9,11-12H2,1H3,(H,22,25)/t13?,16?,19-/m0/s1. The molecule has 138 valence electrons. The molecule has 0 radical (unpaired) electrons. The van der Waals surface area contributed by atoms with Crippen LogP contribution in [-0.2, 0) is 17.9 Å². The first-order valence-corrected chi connectivity index (χ1v) is 9.71. The van der Waals surface area contributed by atoms with Gasteiger partial charge in [0.2, 0.25) is 0 Å². The Morgan fingerprint density at radius 1 is 1.23 bits per heavy atom. The minimum atomic E-state index is -0.0745. The van der Waals surface area contributed by atoms with Crippen LogP contribution in [0.5, 0.6) is 0 Å². The number of hydrogen-bond donors (Lipinski definition) is 1. The van der Waals surface area contributed by atoms with Crippen molar-refractivity contribution in [3.05, 3.63) is 52.3 Å². The minimum Gasteiger partial charge on any atom is -0.365 e. The second-order valence-electron chi connectivity index (χ2n) is 7.48. The molecule has 2 heterocycles. The smallest absolute Gasteiger partial charge is 0.272 e. The monoisotopic (exact) mass is 373 g/mol. The SMILES string of the molecule is CC1CCC(NC(=O)c2cc3n(n2)C[C@@H](c2ccc(Cl)cc2)OC3)CC1. The quantitative estimate of drug-likeness (QED) is 0.880. The third-order valence-electron chi connectivity index (χ3n) is 5.46. The highest BCUT2D eigenvalue weighted by molar-refractivity contribution is 6.30. The van der Waals surface area contributed by atoms with Crippen LogP contribution in [0.15, 0.2) is 30.3 Å². The van der Waals surface area contributed by atoms with E-state index in [0.29, 0.717) is 23.9 Å². The average molecular weight is 374 g/mol. The van der Waals surface area contributed by atoms with Crippen molar-refractivity contribution in [2.24, 2.45) is 5.92 Å². The summed E-state index contributed by atoms with van der Waals surface area (Å²) < 4.78 is 7.84. The first kappa shape index (κ1) is 17.6. The van der Waals surface area contributed by atoms with E-state index in [2.05, 4.69) is 17.3 Å². The molecule has 5 nitrogen and oxygen atoms in total. The number of aromatic nitrogens is 2. The predicted octanol–water partition coefficient (Wildman–Crippen LogP) is 4.12. The van der Waals surface area contributed by atoms with Gasteiger partial charge in [-0.2, -0.15) is 5.10 Å². The van der Waals surface area contributed by atoms with Crippen LogP contribution < -0.4 is 5.32 Å². The van der Waals surface area contributed by atoms with Gasteiger partial charge in [-0.3, -0.25) is 9.48 Å². The Balaban J connectivity index is 1.42. The van der Waals surface area contributed by atoms with E-state index in [9.17, 15) is 4.79 Å². The zero-order valence-electron chi connectivity index (χ0n) is 15.0. The summed E-state index contributed by atoms with van der Waals surface area (Å²) in [5, 5.41) is 8.38. The molecule has 0 unspecified atom stereocenters. The maximum Gasteiger partial charge on any atom is 0.272 e. The topological polar surface area (TPSA) is 56.2 Å². The lowest BCUT2D eigenvalue weighted by molar-refractivity contribution is -0.00119. The molecule has 4 rings (SSSR count). The highest BCUT2D eigenvalue weighted by Gasteiger charge is 2.26. The number of amides is 1. The van der Waals surface area contributed by atoms with Crippen LogP contribution >= 0.6 is 11.6 Å². The van der Waals surface area contributed by atoms with Crippen LogP contribution in [0.4, 0.5) is 0 Å². The number of ether oxygens (including phenoxy) is 1. The number of halogens is 1. The molecule has 1 saturated carbocycles. The number of fused-ring (bicyclic) bond motifs is 1. The van der Waals surface area contributed by atoms with Gasteiger partial charge >= 0.3 is 0 Å². The van der Waals surface area contributed by atoms with E-state index < -0.39 is 0 Å². The largest absolute Gasteiger partial charge is 0.365 e. The molecule has 0 spiro atoms. The molecule has 0 bridgehead atoms. The summed E-state index contributed by atoms with van der Waals surface area (Å²) in [6.45, 7) is 3.33. The number of benzene rings is 1. The van der Waals surface area contributed by atoms with Crippen molar-refractivity contribution in [1.82, 2.24) is 15.1 Å². The molecule has 2 aliphatic rings. The Morgan fingerprint density at radius 3 is 2.69 bits per heavy atom. The molecule has 0 saturated heterocycles. The molecule has 1 fully saturated rings. The van der Waals surface area contributed by atoms with Crippen molar-refractivity contribution >= 4 is 17.5 Å². The molecule has 2 aromatic rings. The number of carbonyl (C=O) groups is 1. The summed E-state index contributed by atoms with van der Waals surface area (Å²) in [6.07, 6.45) is 4.41. The molecule has 1 amide bonds. The molecular weight excluding hydrogens is 350 g/mol. The van der Waals surface area contributed by atoms with Gasteiger partial charge in [-0.1, -0.05) is 30.7 Å². The summed E-state index contributed by atoms with van der Waals surface area (Å²) >= 11 is 5.95. The number of rotatable bonds is 3. The molecule has 1 aliphatic carbocycles. The maximum atomic E-state index is 12.6. The van der Waals surface area contributed by atoms with Crippen LogP contribution in [0.25, 0.3) is 0 Å². The van der Waals surface area contributed by atoms with E-state index in [1.807, 2.05) is 35.0 Å². The van der Waals surface area contributed by atoms with Gasteiger partial charge in [0.1, 0.15) is 6.10 Å². The average Bonchev–Trinajstić information content (AvgIpc) is 3.08.